The summed E-state index contributed by atoms with van der Waals surface area (Å²) in [5.41, 5.74) is 0.121. The lowest BCUT2D eigenvalue weighted by Crippen LogP contribution is -2.36. The average Bonchev–Trinajstić information content (AvgIpc) is 2.72. The van der Waals surface area contributed by atoms with Crippen molar-refractivity contribution in [1.82, 2.24) is 0 Å². The number of anilines is 1. The molecular formula is C19H20N2O8S. The molecule has 0 fully saturated rings. The van der Waals surface area contributed by atoms with Gasteiger partial charge < -0.3 is 9.47 Å². The Bertz CT molecular complexity index is 1060. The van der Waals surface area contributed by atoms with Gasteiger partial charge in [0.1, 0.15) is 6.54 Å². The molecule has 11 heteroatoms. The molecule has 2 rings (SSSR count). The molecule has 0 aliphatic heterocycles. The zero-order chi connectivity index (χ0) is 22.5. The molecule has 0 aromatic heterocycles. The lowest BCUT2D eigenvalue weighted by atomic mass is 10.2. The van der Waals surface area contributed by atoms with E-state index >= 15 is 0 Å². The number of aryl methyl sites for hydroxylation is 1. The maximum atomic E-state index is 13.3. The van der Waals surface area contributed by atoms with Crippen LogP contribution < -0.4 is 4.31 Å². The minimum Gasteiger partial charge on any atom is -0.468 e. The van der Waals surface area contributed by atoms with Gasteiger partial charge in [0.05, 0.1) is 34.8 Å². The second kappa shape index (κ2) is 9.35. The minimum absolute atomic E-state index is 0.0688. The molecule has 0 radical (unpaired) electrons. The molecule has 0 bridgehead atoms. The number of nitro groups is 1. The minimum atomic E-state index is -4.38. The summed E-state index contributed by atoms with van der Waals surface area (Å²) in [4.78, 5) is 33.8. The number of non-ortho nitro benzene ring substituents is 1. The number of rotatable bonds is 8. The van der Waals surface area contributed by atoms with Gasteiger partial charge >= 0.3 is 11.9 Å². The van der Waals surface area contributed by atoms with Gasteiger partial charge in [0, 0.05) is 12.1 Å². The summed E-state index contributed by atoms with van der Waals surface area (Å²) in [6, 6.07) is 8.81. The molecule has 0 saturated carbocycles. The first kappa shape index (κ1) is 22.8. The van der Waals surface area contributed by atoms with Crippen LogP contribution >= 0.6 is 0 Å². The molecule has 0 amide bonds. The highest BCUT2D eigenvalue weighted by molar-refractivity contribution is 7.93. The quantitative estimate of drug-likeness (QED) is 0.350. The summed E-state index contributed by atoms with van der Waals surface area (Å²) in [5.74, 6) is -1.42. The van der Waals surface area contributed by atoms with Gasteiger partial charge in [-0.05, 0) is 43.7 Å². The number of hydrogen-bond donors (Lipinski definition) is 0. The molecule has 10 nitrogen and oxygen atoms in total. The molecule has 160 valence electrons. The highest BCUT2D eigenvalue weighted by atomic mass is 32.2. The van der Waals surface area contributed by atoms with E-state index in [0.717, 1.165) is 17.5 Å². The molecule has 2 aromatic rings. The fourth-order valence-electron chi connectivity index (χ4n) is 2.57. The summed E-state index contributed by atoms with van der Waals surface area (Å²) in [5, 5.41) is 11.1. The summed E-state index contributed by atoms with van der Waals surface area (Å²) < 4.78 is 36.9. The van der Waals surface area contributed by atoms with Crippen molar-refractivity contribution in [2.24, 2.45) is 0 Å². The van der Waals surface area contributed by atoms with Crippen LogP contribution in [0.25, 0.3) is 0 Å². The van der Waals surface area contributed by atoms with Gasteiger partial charge in [0.25, 0.3) is 15.7 Å². The molecule has 0 aliphatic rings. The van der Waals surface area contributed by atoms with E-state index in [2.05, 4.69) is 4.74 Å². The summed E-state index contributed by atoms with van der Waals surface area (Å²) in [6.07, 6.45) is 0. The summed E-state index contributed by atoms with van der Waals surface area (Å²) >= 11 is 0. The first-order valence-electron chi connectivity index (χ1n) is 8.73. The number of nitro benzene ring substituents is 1. The van der Waals surface area contributed by atoms with Crippen LogP contribution in [-0.2, 0) is 24.3 Å². The molecule has 0 aliphatic carbocycles. The van der Waals surface area contributed by atoms with Gasteiger partial charge in [-0.2, -0.15) is 0 Å². The normalized spacial score (nSPS) is 10.9. The third kappa shape index (κ3) is 4.92. The number of methoxy groups -OCH3 is 1. The predicted molar refractivity (Wildman–Crippen MR) is 107 cm³/mol. The molecule has 0 N–H and O–H groups in total. The van der Waals surface area contributed by atoms with Crippen LogP contribution in [0.1, 0.15) is 22.8 Å². The Morgan fingerprint density at radius 3 is 2.30 bits per heavy atom. The maximum Gasteiger partial charge on any atom is 0.338 e. The number of esters is 2. The van der Waals surface area contributed by atoms with Gasteiger partial charge in [0.2, 0.25) is 0 Å². The smallest absolute Gasteiger partial charge is 0.338 e. The Kier molecular flexibility index (Phi) is 7.11. The molecule has 30 heavy (non-hydrogen) atoms. The number of benzene rings is 2. The Morgan fingerprint density at radius 1 is 1.13 bits per heavy atom. The van der Waals surface area contributed by atoms with E-state index in [1.54, 1.807) is 6.92 Å². The third-order valence-corrected chi connectivity index (χ3v) is 6.03. The van der Waals surface area contributed by atoms with Gasteiger partial charge in [-0.1, -0.05) is 6.07 Å². The second-order valence-corrected chi connectivity index (χ2v) is 7.89. The number of hydrogen-bond acceptors (Lipinski definition) is 8. The van der Waals surface area contributed by atoms with E-state index in [4.69, 9.17) is 4.74 Å². The SMILES string of the molecule is CCOC(=O)c1ccc(N(CC(=O)OC)S(=O)(=O)c2cc([N+](=O)[O-])ccc2C)cc1. The molecule has 0 atom stereocenters. The molecular weight excluding hydrogens is 416 g/mol. The Hall–Kier alpha value is -3.47. The van der Waals surface area contributed by atoms with Crippen molar-refractivity contribution < 1.29 is 32.4 Å². The fraction of sp³-hybridized carbons (Fsp3) is 0.263. The van der Waals surface area contributed by atoms with Crippen molar-refractivity contribution in [3.8, 4) is 0 Å². The van der Waals surface area contributed by atoms with Gasteiger partial charge in [-0.25, -0.2) is 13.2 Å². The van der Waals surface area contributed by atoms with Crippen LogP contribution in [0.3, 0.4) is 0 Å². The molecule has 0 heterocycles. The van der Waals surface area contributed by atoms with Gasteiger partial charge in [-0.15, -0.1) is 0 Å². The summed E-state index contributed by atoms with van der Waals surface area (Å²) in [7, 11) is -3.27. The zero-order valence-corrected chi connectivity index (χ0v) is 17.3. The lowest BCUT2D eigenvalue weighted by molar-refractivity contribution is -0.385. The molecule has 0 unspecified atom stereocenters. The molecule has 0 spiro atoms. The van der Waals surface area contributed by atoms with Crippen molar-refractivity contribution in [1.29, 1.82) is 0 Å². The summed E-state index contributed by atoms with van der Waals surface area (Å²) in [6.45, 7) is 2.64. The highest BCUT2D eigenvalue weighted by Crippen LogP contribution is 2.29. The van der Waals surface area contributed by atoms with Crippen LogP contribution in [-0.4, -0.2) is 45.5 Å². The Morgan fingerprint density at radius 2 is 1.77 bits per heavy atom. The first-order chi connectivity index (χ1) is 14.1. The van der Waals surface area contributed by atoms with Crippen LogP contribution in [0.15, 0.2) is 47.4 Å². The lowest BCUT2D eigenvalue weighted by Gasteiger charge is -2.24. The van der Waals surface area contributed by atoms with Crippen LogP contribution in [0.2, 0.25) is 0 Å². The topological polar surface area (TPSA) is 133 Å². The van der Waals surface area contributed by atoms with E-state index in [-0.39, 0.29) is 28.3 Å². The van der Waals surface area contributed by atoms with E-state index in [1.165, 1.54) is 43.3 Å². The maximum absolute atomic E-state index is 13.3. The highest BCUT2D eigenvalue weighted by Gasteiger charge is 2.30. The van der Waals surface area contributed by atoms with Crippen molar-refractivity contribution in [3.63, 3.8) is 0 Å². The van der Waals surface area contributed by atoms with E-state index in [9.17, 15) is 28.1 Å². The standard InChI is InChI=1S/C19H20N2O8S/c1-4-29-19(23)14-6-9-15(10-7-14)20(12-18(22)28-3)30(26,27)17-11-16(21(24)25)8-5-13(17)2/h5-11H,4,12H2,1-3H3. The number of carbonyl (C=O) groups is 2. The number of carbonyl (C=O) groups excluding carboxylic acids is 2. The third-order valence-electron chi connectivity index (χ3n) is 4.12. The van der Waals surface area contributed by atoms with Crippen LogP contribution in [0.5, 0.6) is 0 Å². The number of nitrogens with zero attached hydrogens (tertiary/aromatic N) is 2. The van der Waals surface area contributed by atoms with Crippen LogP contribution in [0, 0.1) is 17.0 Å². The van der Waals surface area contributed by atoms with E-state index in [1.807, 2.05) is 0 Å². The fourth-order valence-corrected chi connectivity index (χ4v) is 4.23. The van der Waals surface area contributed by atoms with Gasteiger partial charge in [0.15, 0.2) is 0 Å². The van der Waals surface area contributed by atoms with Crippen molar-refractivity contribution >= 4 is 33.3 Å². The number of sulfonamides is 1. The van der Waals surface area contributed by atoms with Crippen LogP contribution in [0.4, 0.5) is 11.4 Å². The first-order valence-corrected chi connectivity index (χ1v) is 10.2. The van der Waals surface area contributed by atoms with Crippen molar-refractivity contribution in [3.05, 3.63) is 63.7 Å². The van der Waals surface area contributed by atoms with E-state index in [0.29, 0.717) is 0 Å². The predicted octanol–water partition coefficient (Wildman–Crippen LogP) is 2.45. The average molecular weight is 436 g/mol. The second-order valence-electron chi connectivity index (χ2n) is 6.06. The number of ether oxygens (including phenoxy) is 2. The Balaban J connectivity index is 2.56. The molecule has 2 aromatic carbocycles. The molecule has 0 saturated heterocycles. The monoisotopic (exact) mass is 436 g/mol. The largest absolute Gasteiger partial charge is 0.468 e. The Labute approximate surface area is 173 Å². The van der Waals surface area contributed by atoms with Crippen molar-refractivity contribution in [2.75, 3.05) is 24.6 Å². The van der Waals surface area contributed by atoms with Crippen molar-refractivity contribution in [2.45, 2.75) is 18.7 Å². The van der Waals surface area contributed by atoms with E-state index < -0.39 is 39.1 Å². The van der Waals surface area contributed by atoms with Gasteiger partial charge in [-0.3, -0.25) is 19.2 Å². The zero-order valence-electron chi connectivity index (χ0n) is 16.5.